The van der Waals surface area contributed by atoms with Gasteiger partial charge in [0.1, 0.15) is 5.58 Å². The molecule has 0 fully saturated rings. The van der Waals surface area contributed by atoms with Gasteiger partial charge in [0.2, 0.25) is 0 Å². The number of nitrogens with zero attached hydrogens (tertiary/aromatic N) is 4. The number of hydrogen-bond acceptors (Lipinski definition) is 4. The van der Waals surface area contributed by atoms with Gasteiger partial charge in [-0.2, -0.15) is 0 Å². The molecular weight excluding hydrogens is 877 g/mol. The molecule has 0 aliphatic carbocycles. The summed E-state index contributed by atoms with van der Waals surface area (Å²) in [6, 6.07) is 50.2. The Kier molecular flexibility index (Phi) is 11.4. The van der Waals surface area contributed by atoms with Crippen LogP contribution in [0.3, 0.4) is 0 Å². The number of aromatic nitrogens is 4. The summed E-state index contributed by atoms with van der Waals surface area (Å²) < 4.78 is 8.77. The minimum absolute atomic E-state index is 0. The van der Waals surface area contributed by atoms with E-state index in [9.17, 15) is 0 Å². The van der Waals surface area contributed by atoms with Crippen LogP contribution in [0.4, 0.5) is 0 Å². The van der Waals surface area contributed by atoms with Crippen LogP contribution < -0.4 is 0 Å². The molecule has 0 aliphatic heterocycles. The molecule has 287 valence electrons. The van der Waals surface area contributed by atoms with E-state index in [0.717, 1.165) is 55.7 Å². The van der Waals surface area contributed by atoms with E-state index in [0.29, 0.717) is 11.8 Å². The van der Waals surface area contributed by atoms with Gasteiger partial charge in [-0.3, -0.25) is 4.98 Å². The van der Waals surface area contributed by atoms with Gasteiger partial charge in [-0.1, -0.05) is 132 Å². The first-order valence-electron chi connectivity index (χ1n) is 19.4. The van der Waals surface area contributed by atoms with Crippen LogP contribution >= 0.6 is 0 Å². The molecule has 6 heteroatoms. The summed E-state index contributed by atoms with van der Waals surface area (Å²) in [6.45, 7) is 15.7. The maximum Gasteiger partial charge on any atom is 0.168 e. The third-order valence-electron chi connectivity index (χ3n) is 10.4. The van der Waals surface area contributed by atoms with Crippen molar-refractivity contribution >= 4 is 33.1 Å². The third kappa shape index (κ3) is 7.85. The van der Waals surface area contributed by atoms with E-state index in [4.69, 9.17) is 14.4 Å². The predicted octanol–water partition coefficient (Wildman–Crippen LogP) is 13.5. The molecule has 1 radical (unpaired) electrons. The van der Waals surface area contributed by atoms with Crippen molar-refractivity contribution in [1.29, 1.82) is 0 Å². The van der Waals surface area contributed by atoms with Crippen LogP contribution in [0.5, 0.6) is 0 Å². The van der Waals surface area contributed by atoms with Crippen LogP contribution in [0, 0.1) is 12.1 Å². The fourth-order valence-electron chi connectivity index (χ4n) is 7.33. The number of rotatable bonds is 6. The fourth-order valence-corrected chi connectivity index (χ4v) is 7.33. The number of pyridine rings is 2. The van der Waals surface area contributed by atoms with Gasteiger partial charge < -0.3 is 14.0 Å². The second kappa shape index (κ2) is 16.4. The maximum absolute atomic E-state index is 6.45. The van der Waals surface area contributed by atoms with E-state index < -0.39 is 0 Å². The predicted molar refractivity (Wildman–Crippen MR) is 231 cm³/mol. The average Bonchev–Trinajstić information content (AvgIpc) is 3.79. The molecule has 9 aromatic rings. The molecule has 4 aromatic heterocycles. The van der Waals surface area contributed by atoms with E-state index in [1.165, 1.54) is 33.5 Å². The topological polar surface area (TPSA) is 56.7 Å². The second-order valence-electron chi connectivity index (χ2n) is 15.9. The standard InChI is InChI=1S/C34H34N3O.C17H12N.Ir/c1-20(2)23-13-10-14-24(21(3)4)30(23)37-28-18-22(34(5,6)7)19-35-32(28)36-33(37)27-16-11-15-26-25-12-8-9-17-29(25)38-31(26)27;1-3-7-14(8-4-1)16-11-12-18-17(13-16)15-9-5-2-6-10-15;/h8-15,17-21H,1-7H3;1-9,11-13H;/q2*-1;. The summed E-state index contributed by atoms with van der Waals surface area (Å²) in [7, 11) is 0. The number of benzene rings is 5. The number of fused-ring (bicyclic) bond motifs is 4. The number of para-hydroxylation sites is 2. The van der Waals surface area contributed by atoms with Crippen molar-refractivity contribution < 1.29 is 24.5 Å². The zero-order valence-corrected chi connectivity index (χ0v) is 35.9. The zero-order valence-electron chi connectivity index (χ0n) is 33.5. The first-order chi connectivity index (χ1) is 27.1. The Morgan fingerprint density at radius 2 is 1.39 bits per heavy atom. The minimum Gasteiger partial charge on any atom is -0.501 e. The molecule has 0 aliphatic rings. The van der Waals surface area contributed by atoms with E-state index in [1.54, 1.807) is 0 Å². The van der Waals surface area contributed by atoms with Crippen LogP contribution in [0.1, 0.15) is 77.0 Å². The van der Waals surface area contributed by atoms with Crippen molar-refractivity contribution in [1.82, 2.24) is 19.5 Å². The van der Waals surface area contributed by atoms with Gasteiger partial charge in [0.25, 0.3) is 0 Å². The molecule has 9 rings (SSSR count). The quantitative estimate of drug-likeness (QED) is 0.156. The molecule has 5 aromatic carbocycles. The Bertz CT molecular complexity index is 2710. The monoisotopic (exact) mass is 923 g/mol. The van der Waals surface area contributed by atoms with Crippen LogP contribution in [-0.4, -0.2) is 19.5 Å². The molecule has 0 N–H and O–H groups in total. The van der Waals surface area contributed by atoms with Gasteiger partial charge >= 0.3 is 0 Å². The molecule has 0 amide bonds. The van der Waals surface area contributed by atoms with Crippen LogP contribution in [0.2, 0.25) is 0 Å². The molecule has 0 bridgehead atoms. The fraction of sp³-hybridized carbons (Fsp3) is 0.196. The number of imidazole rings is 1. The molecule has 0 saturated heterocycles. The smallest absolute Gasteiger partial charge is 0.168 e. The largest absolute Gasteiger partial charge is 0.501 e. The SMILES string of the molecule is CC(C)c1cccc(C(C)C)c1-n1c(-c2[c-]ccc3c2oc2ccccc23)nc2ncc(C(C)(C)C)cc21.[Ir].[c-]1ccccc1-c1cc(-c2ccccc2)ccn1. The third-order valence-corrected chi connectivity index (χ3v) is 10.4. The average molecular weight is 923 g/mol. The Labute approximate surface area is 349 Å². The van der Waals surface area contributed by atoms with E-state index >= 15 is 0 Å². The summed E-state index contributed by atoms with van der Waals surface area (Å²) in [5.41, 5.74) is 13.5. The molecule has 0 spiro atoms. The molecule has 5 nitrogen and oxygen atoms in total. The normalized spacial score (nSPS) is 11.6. The Morgan fingerprint density at radius 1 is 0.667 bits per heavy atom. The van der Waals surface area contributed by atoms with Crippen molar-refractivity contribution in [3.05, 3.63) is 169 Å². The van der Waals surface area contributed by atoms with E-state index in [-0.39, 0.29) is 25.5 Å². The molecule has 0 saturated carbocycles. The first kappa shape index (κ1) is 39.6. The van der Waals surface area contributed by atoms with Gasteiger partial charge in [-0.25, -0.2) is 4.98 Å². The van der Waals surface area contributed by atoms with Crippen molar-refractivity contribution in [2.45, 2.75) is 65.7 Å². The Morgan fingerprint density at radius 3 is 2.09 bits per heavy atom. The van der Waals surface area contributed by atoms with Gasteiger partial charge in [-0.05, 0) is 69.0 Å². The van der Waals surface area contributed by atoms with Crippen molar-refractivity contribution in [3.8, 4) is 39.5 Å². The minimum atomic E-state index is -0.0419. The Balaban J connectivity index is 0.000000219. The van der Waals surface area contributed by atoms with Gasteiger partial charge in [-0.15, -0.1) is 54.1 Å². The molecule has 0 atom stereocenters. The van der Waals surface area contributed by atoms with Crippen molar-refractivity contribution in [3.63, 3.8) is 0 Å². The first-order valence-corrected chi connectivity index (χ1v) is 19.4. The van der Waals surface area contributed by atoms with Crippen molar-refractivity contribution in [2.24, 2.45) is 0 Å². The molecule has 4 heterocycles. The number of furan rings is 1. The molecular formula is C51H46IrN4O-2. The zero-order chi connectivity index (χ0) is 39.0. The van der Waals surface area contributed by atoms with E-state index in [2.05, 4.69) is 131 Å². The summed E-state index contributed by atoms with van der Waals surface area (Å²) >= 11 is 0. The van der Waals surface area contributed by atoms with Crippen LogP contribution in [0.15, 0.2) is 144 Å². The second-order valence-corrected chi connectivity index (χ2v) is 15.9. The molecule has 0 unspecified atom stereocenters. The van der Waals surface area contributed by atoms with Gasteiger partial charge in [0.15, 0.2) is 5.65 Å². The molecule has 57 heavy (non-hydrogen) atoms. The maximum atomic E-state index is 6.45. The van der Waals surface area contributed by atoms with Gasteiger partial charge in [0, 0.05) is 43.6 Å². The summed E-state index contributed by atoms with van der Waals surface area (Å²) in [6.07, 6.45) is 3.81. The van der Waals surface area contributed by atoms with Gasteiger partial charge in [0.05, 0.1) is 16.9 Å². The number of hydrogen-bond donors (Lipinski definition) is 0. The summed E-state index contributed by atoms with van der Waals surface area (Å²) in [5, 5.41) is 2.16. The Hall–Kier alpha value is -5.68. The summed E-state index contributed by atoms with van der Waals surface area (Å²) in [4.78, 5) is 14.4. The summed E-state index contributed by atoms with van der Waals surface area (Å²) in [5.74, 6) is 1.47. The van der Waals surface area contributed by atoms with Crippen molar-refractivity contribution in [2.75, 3.05) is 0 Å². The van der Waals surface area contributed by atoms with Crippen LogP contribution in [0.25, 0.3) is 72.6 Å². The van der Waals surface area contributed by atoms with Crippen LogP contribution in [-0.2, 0) is 25.5 Å². The van der Waals surface area contributed by atoms with E-state index in [1.807, 2.05) is 79.1 Å².